The van der Waals surface area contributed by atoms with E-state index >= 15 is 0 Å². The molecule has 5 nitrogen and oxygen atoms in total. The zero-order valence-corrected chi connectivity index (χ0v) is 12.5. The molecule has 0 aliphatic heterocycles. The highest BCUT2D eigenvalue weighted by Gasteiger charge is 2.61. The van der Waals surface area contributed by atoms with Gasteiger partial charge in [-0.1, -0.05) is 6.07 Å². The summed E-state index contributed by atoms with van der Waals surface area (Å²) in [6, 6.07) is 7.70. The Hall–Kier alpha value is -2.35. The Balaban J connectivity index is 1.74. The summed E-state index contributed by atoms with van der Waals surface area (Å²) in [6.45, 7) is 1.94. The van der Waals surface area contributed by atoms with Crippen molar-refractivity contribution in [1.82, 2.24) is 0 Å². The van der Waals surface area contributed by atoms with Crippen molar-refractivity contribution in [3.8, 4) is 6.07 Å². The van der Waals surface area contributed by atoms with E-state index < -0.39 is 11.9 Å². The molecule has 2 unspecified atom stereocenters. The Labute approximate surface area is 129 Å². The fourth-order valence-corrected chi connectivity index (χ4v) is 3.37. The lowest BCUT2D eigenvalue weighted by atomic mass is 9.78. The molecule has 2 aliphatic carbocycles. The van der Waals surface area contributed by atoms with Crippen LogP contribution in [0, 0.1) is 17.2 Å². The number of nitrogens with one attached hydrogen (secondary N) is 1. The van der Waals surface area contributed by atoms with Crippen LogP contribution in [0.15, 0.2) is 18.2 Å². The lowest BCUT2D eigenvalue weighted by molar-refractivity contribution is -0.145. The number of nitrogens with zero attached hydrogens (tertiary/aromatic N) is 1. The van der Waals surface area contributed by atoms with Gasteiger partial charge in [-0.15, -0.1) is 0 Å². The highest BCUT2D eigenvalue weighted by molar-refractivity contribution is 6.02. The van der Waals surface area contributed by atoms with Crippen molar-refractivity contribution < 1.29 is 14.3 Å². The number of hydrogen-bond acceptors (Lipinski definition) is 4. The van der Waals surface area contributed by atoms with E-state index in [1.54, 1.807) is 13.0 Å². The van der Waals surface area contributed by atoms with Crippen molar-refractivity contribution in [2.24, 2.45) is 5.92 Å². The molecule has 3 rings (SSSR count). The van der Waals surface area contributed by atoms with Crippen LogP contribution in [0.1, 0.15) is 43.7 Å². The average molecular weight is 298 g/mol. The molecule has 1 aromatic carbocycles. The number of ether oxygens (including phenoxy) is 1. The molecule has 2 atom stereocenters. The average Bonchev–Trinajstić information content (AvgIpc) is 3.00. The molecule has 0 saturated heterocycles. The van der Waals surface area contributed by atoms with Crippen LogP contribution in [-0.4, -0.2) is 18.5 Å². The molecule has 0 radical (unpaired) electrons. The molecule has 1 amide bonds. The number of carbonyl (C=O) groups is 2. The van der Waals surface area contributed by atoms with Crippen LogP contribution in [0.25, 0.3) is 0 Å². The van der Waals surface area contributed by atoms with Crippen LogP contribution in [0.4, 0.5) is 5.69 Å². The van der Waals surface area contributed by atoms with Crippen molar-refractivity contribution in [2.75, 3.05) is 11.9 Å². The Bertz CT molecular complexity index is 673. The van der Waals surface area contributed by atoms with E-state index in [2.05, 4.69) is 11.4 Å². The maximum atomic E-state index is 11.9. The number of fused-ring (bicyclic) bond motifs is 1. The van der Waals surface area contributed by atoms with Crippen molar-refractivity contribution in [2.45, 2.75) is 38.0 Å². The first-order valence-electron chi connectivity index (χ1n) is 7.59. The second-order valence-electron chi connectivity index (χ2n) is 6.00. The Morgan fingerprint density at radius 2 is 2.32 bits per heavy atom. The number of nitriles is 1. The molecule has 1 aromatic rings. The Morgan fingerprint density at radius 3 is 2.86 bits per heavy atom. The third-order valence-electron chi connectivity index (χ3n) is 4.77. The SMILES string of the molecule is CCOC(=O)CC(=O)Nc1cc(C23CCC2C3)ccc1C#N. The summed E-state index contributed by atoms with van der Waals surface area (Å²) in [4.78, 5) is 23.2. The Kier molecular flexibility index (Phi) is 3.61. The highest BCUT2D eigenvalue weighted by atomic mass is 16.5. The molecule has 1 N–H and O–H groups in total. The largest absolute Gasteiger partial charge is 0.466 e. The molecule has 22 heavy (non-hydrogen) atoms. The molecule has 0 bridgehead atoms. The third kappa shape index (κ3) is 2.45. The van der Waals surface area contributed by atoms with Gasteiger partial charge in [-0.2, -0.15) is 5.26 Å². The van der Waals surface area contributed by atoms with E-state index in [-0.39, 0.29) is 18.4 Å². The van der Waals surface area contributed by atoms with Gasteiger partial charge in [-0.25, -0.2) is 0 Å². The highest BCUT2D eigenvalue weighted by Crippen LogP contribution is 2.68. The monoisotopic (exact) mass is 298 g/mol. The van der Waals surface area contributed by atoms with Gasteiger partial charge >= 0.3 is 5.97 Å². The van der Waals surface area contributed by atoms with E-state index in [0.717, 1.165) is 5.92 Å². The normalized spacial score (nSPS) is 24.5. The fourth-order valence-electron chi connectivity index (χ4n) is 3.37. The number of anilines is 1. The van der Waals surface area contributed by atoms with Crippen LogP contribution < -0.4 is 5.32 Å². The minimum absolute atomic E-state index is 0.245. The maximum Gasteiger partial charge on any atom is 0.315 e. The summed E-state index contributed by atoms with van der Waals surface area (Å²) < 4.78 is 4.75. The fraction of sp³-hybridized carbons (Fsp3) is 0.471. The van der Waals surface area contributed by atoms with E-state index in [0.29, 0.717) is 11.3 Å². The van der Waals surface area contributed by atoms with E-state index in [4.69, 9.17) is 4.74 Å². The zero-order chi connectivity index (χ0) is 15.7. The molecule has 0 heterocycles. The van der Waals surface area contributed by atoms with E-state index in [1.165, 1.54) is 24.8 Å². The number of rotatable bonds is 5. The lowest BCUT2D eigenvalue weighted by Crippen LogP contribution is -2.21. The van der Waals surface area contributed by atoms with Gasteiger partial charge in [0.15, 0.2) is 0 Å². The predicted octanol–water partition coefficient (Wildman–Crippen LogP) is 2.50. The van der Waals surface area contributed by atoms with Crippen LogP contribution in [-0.2, 0) is 19.7 Å². The Morgan fingerprint density at radius 1 is 1.50 bits per heavy atom. The van der Waals surface area contributed by atoms with Crippen LogP contribution >= 0.6 is 0 Å². The molecule has 2 saturated carbocycles. The predicted molar refractivity (Wildman–Crippen MR) is 80.1 cm³/mol. The van der Waals surface area contributed by atoms with Crippen LogP contribution in [0.2, 0.25) is 0 Å². The van der Waals surface area contributed by atoms with Gasteiger partial charge in [-0.05, 0) is 55.2 Å². The van der Waals surface area contributed by atoms with Crippen molar-refractivity contribution in [3.05, 3.63) is 29.3 Å². The van der Waals surface area contributed by atoms with E-state index in [9.17, 15) is 14.9 Å². The van der Waals surface area contributed by atoms with Crippen molar-refractivity contribution in [1.29, 1.82) is 5.26 Å². The number of amides is 1. The zero-order valence-electron chi connectivity index (χ0n) is 12.5. The van der Waals surface area contributed by atoms with Gasteiger partial charge in [0.25, 0.3) is 0 Å². The van der Waals surface area contributed by atoms with Gasteiger partial charge in [0.1, 0.15) is 12.5 Å². The molecule has 114 valence electrons. The van der Waals surface area contributed by atoms with Gasteiger partial charge in [0, 0.05) is 0 Å². The lowest BCUT2D eigenvalue weighted by Gasteiger charge is -2.26. The first kappa shape index (κ1) is 14.6. The first-order valence-corrected chi connectivity index (χ1v) is 7.59. The number of carbonyl (C=O) groups excluding carboxylic acids is 2. The second-order valence-corrected chi connectivity index (χ2v) is 6.00. The van der Waals surface area contributed by atoms with Crippen LogP contribution in [0.5, 0.6) is 0 Å². The number of esters is 1. The third-order valence-corrected chi connectivity index (χ3v) is 4.77. The topological polar surface area (TPSA) is 79.2 Å². The molecule has 2 fully saturated rings. The van der Waals surface area contributed by atoms with Gasteiger partial charge in [-0.3, -0.25) is 9.59 Å². The summed E-state index contributed by atoms with van der Waals surface area (Å²) in [5.74, 6) is -0.247. The first-order chi connectivity index (χ1) is 10.6. The molecule has 0 aromatic heterocycles. The summed E-state index contributed by atoms with van der Waals surface area (Å²) in [5, 5.41) is 11.8. The number of benzene rings is 1. The molecular weight excluding hydrogens is 280 g/mol. The second kappa shape index (κ2) is 5.45. The van der Waals surface area contributed by atoms with Gasteiger partial charge in [0.2, 0.25) is 5.91 Å². The number of hydrogen-bond donors (Lipinski definition) is 1. The van der Waals surface area contributed by atoms with Crippen molar-refractivity contribution in [3.63, 3.8) is 0 Å². The molecule has 5 heteroatoms. The minimum Gasteiger partial charge on any atom is -0.466 e. The van der Waals surface area contributed by atoms with Crippen molar-refractivity contribution >= 4 is 17.6 Å². The summed E-state index contributed by atoms with van der Waals surface area (Å²) in [7, 11) is 0. The summed E-state index contributed by atoms with van der Waals surface area (Å²) >= 11 is 0. The molecular formula is C17H18N2O3. The molecule has 2 aliphatic rings. The smallest absolute Gasteiger partial charge is 0.315 e. The summed E-state index contributed by atoms with van der Waals surface area (Å²) in [6.07, 6.45) is 3.32. The summed E-state index contributed by atoms with van der Waals surface area (Å²) in [5.41, 5.74) is 2.37. The van der Waals surface area contributed by atoms with Gasteiger partial charge in [0.05, 0.1) is 17.9 Å². The minimum atomic E-state index is -0.561. The quantitative estimate of drug-likeness (QED) is 0.669. The van der Waals surface area contributed by atoms with E-state index in [1.807, 2.05) is 12.1 Å². The van der Waals surface area contributed by atoms with Crippen LogP contribution in [0.3, 0.4) is 0 Å². The molecule has 0 spiro atoms. The maximum absolute atomic E-state index is 11.9. The standard InChI is InChI=1S/C17H18N2O3/c1-2-22-16(21)8-15(20)19-14-7-12(4-3-11(14)10-18)17-6-5-13(17)9-17/h3-4,7,13H,2,5-6,8-9H2,1H3,(H,19,20). The van der Waals surface area contributed by atoms with Gasteiger partial charge < -0.3 is 10.1 Å².